The summed E-state index contributed by atoms with van der Waals surface area (Å²) in [7, 11) is 0. The van der Waals surface area contributed by atoms with Crippen LogP contribution in [0.15, 0.2) is 30.3 Å². The molecule has 0 unspecified atom stereocenters. The van der Waals surface area contributed by atoms with Crippen molar-refractivity contribution in [3.05, 3.63) is 46.6 Å². The number of fused-ring (bicyclic) bond motifs is 2. The van der Waals surface area contributed by atoms with Gasteiger partial charge in [-0.15, -0.1) is 11.3 Å². The summed E-state index contributed by atoms with van der Waals surface area (Å²) >= 11 is 1.47. The van der Waals surface area contributed by atoms with E-state index in [1.807, 2.05) is 35.2 Å². The van der Waals surface area contributed by atoms with E-state index in [1.165, 1.54) is 11.3 Å². The largest absolute Gasteiger partial charge is 0.375 e. The second-order valence-electron chi connectivity index (χ2n) is 5.17. The first kappa shape index (κ1) is 12.4. The number of para-hydroxylation sites is 1. The molecular weight excluding hydrogens is 284 g/mol. The highest BCUT2D eigenvalue weighted by atomic mass is 32.1. The lowest BCUT2D eigenvalue weighted by Crippen LogP contribution is -2.35. The molecule has 4 rings (SSSR count). The lowest BCUT2D eigenvalue weighted by atomic mass is 10.1. The van der Waals surface area contributed by atoms with Crippen LogP contribution in [0.4, 0.5) is 5.13 Å². The zero-order chi connectivity index (χ0) is 14.4. The van der Waals surface area contributed by atoms with Crippen molar-refractivity contribution in [2.75, 3.05) is 12.3 Å². The summed E-state index contributed by atoms with van der Waals surface area (Å²) in [6.45, 7) is 1.28. The van der Waals surface area contributed by atoms with Gasteiger partial charge in [0.05, 0.1) is 12.2 Å². The fourth-order valence-corrected chi connectivity index (χ4v) is 3.64. The van der Waals surface area contributed by atoms with Crippen LogP contribution in [0.5, 0.6) is 0 Å². The molecule has 106 valence electrons. The van der Waals surface area contributed by atoms with Gasteiger partial charge in [-0.25, -0.2) is 4.98 Å². The Hall–Kier alpha value is -2.34. The lowest BCUT2D eigenvalue weighted by Gasteiger charge is -2.25. The molecule has 1 aliphatic heterocycles. The van der Waals surface area contributed by atoms with Gasteiger partial charge in [0.1, 0.15) is 5.69 Å². The van der Waals surface area contributed by atoms with E-state index >= 15 is 0 Å². The van der Waals surface area contributed by atoms with Gasteiger partial charge in [-0.05, 0) is 12.1 Å². The number of aromatic amines is 1. The Morgan fingerprint density at radius 3 is 3.10 bits per heavy atom. The molecule has 2 aromatic heterocycles. The van der Waals surface area contributed by atoms with E-state index in [2.05, 4.69) is 9.97 Å². The minimum absolute atomic E-state index is 0.0313. The monoisotopic (exact) mass is 298 g/mol. The van der Waals surface area contributed by atoms with Crippen LogP contribution in [0.25, 0.3) is 10.9 Å². The number of rotatable bonds is 1. The van der Waals surface area contributed by atoms with Crippen LogP contribution in [0, 0.1) is 0 Å². The van der Waals surface area contributed by atoms with E-state index < -0.39 is 0 Å². The summed E-state index contributed by atoms with van der Waals surface area (Å²) in [6, 6.07) is 9.82. The summed E-state index contributed by atoms with van der Waals surface area (Å²) in [6.07, 6.45) is 0.773. The van der Waals surface area contributed by atoms with Crippen LogP contribution in [0.1, 0.15) is 21.1 Å². The van der Waals surface area contributed by atoms with Gasteiger partial charge in [0.2, 0.25) is 0 Å². The predicted octanol–water partition coefficient (Wildman–Crippen LogP) is 2.41. The number of thiazole rings is 1. The predicted molar refractivity (Wildman–Crippen MR) is 83.3 cm³/mol. The lowest BCUT2D eigenvalue weighted by molar-refractivity contribution is 0.0731. The van der Waals surface area contributed by atoms with E-state index in [1.54, 1.807) is 0 Å². The highest BCUT2D eigenvalue weighted by Crippen LogP contribution is 2.27. The minimum atomic E-state index is 0.0313. The summed E-state index contributed by atoms with van der Waals surface area (Å²) < 4.78 is 0. The molecular formula is C15H14N4OS. The molecule has 0 spiro atoms. The molecule has 1 aromatic carbocycles. The quantitative estimate of drug-likeness (QED) is 0.724. The van der Waals surface area contributed by atoms with E-state index in [4.69, 9.17) is 5.73 Å². The van der Waals surface area contributed by atoms with E-state index in [0.717, 1.165) is 27.9 Å². The SMILES string of the molecule is Nc1nc2c(s1)CN(C(=O)c1cc3ccccc3[nH]1)CC2. The summed E-state index contributed by atoms with van der Waals surface area (Å²) in [5, 5.41) is 1.64. The molecule has 0 aliphatic carbocycles. The van der Waals surface area contributed by atoms with E-state index in [9.17, 15) is 4.79 Å². The molecule has 0 bridgehead atoms. The number of anilines is 1. The number of aromatic nitrogens is 2. The number of nitrogens with one attached hydrogen (secondary N) is 1. The molecule has 1 amide bonds. The van der Waals surface area contributed by atoms with Crippen LogP contribution in [0.3, 0.4) is 0 Å². The van der Waals surface area contributed by atoms with Crippen LogP contribution in [-0.4, -0.2) is 27.3 Å². The minimum Gasteiger partial charge on any atom is -0.375 e. The third kappa shape index (κ3) is 2.08. The molecule has 21 heavy (non-hydrogen) atoms. The third-order valence-electron chi connectivity index (χ3n) is 3.80. The maximum Gasteiger partial charge on any atom is 0.270 e. The second kappa shape index (κ2) is 4.60. The van der Waals surface area contributed by atoms with Crippen LogP contribution in [-0.2, 0) is 13.0 Å². The van der Waals surface area contributed by atoms with Crippen molar-refractivity contribution in [2.45, 2.75) is 13.0 Å². The van der Waals surface area contributed by atoms with E-state index in [-0.39, 0.29) is 5.91 Å². The Labute approximate surface area is 125 Å². The molecule has 0 saturated carbocycles. The van der Waals surface area contributed by atoms with Crippen LogP contribution in [0.2, 0.25) is 0 Å². The Morgan fingerprint density at radius 1 is 1.38 bits per heavy atom. The third-order valence-corrected chi connectivity index (χ3v) is 4.71. The molecule has 1 aliphatic rings. The van der Waals surface area contributed by atoms with Gasteiger partial charge >= 0.3 is 0 Å². The first-order valence-corrected chi connectivity index (χ1v) is 7.63. The van der Waals surface area contributed by atoms with Crippen LogP contribution < -0.4 is 5.73 Å². The van der Waals surface area contributed by atoms with E-state index in [0.29, 0.717) is 23.9 Å². The van der Waals surface area contributed by atoms with Gasteiger partial charge in [0.15, 0.2) is 5.13 Å². The Kier molecular flexibility index (Phi) is 2.71. The fourth-order valence-electron chi connectivity index (χ4n) is 2.75. The van der Waals surface area contributed by atoms with Crippen molar-refractivity contribution in [2.24, 2.45) is 0 Å². The van der Waals surface area contributed by atoms with Gasteiger partial charge in [0.25, 0.3) is 5.91 Å². The number of hydrogen-bond donors (Lipinski definition) is 2. The smallest absolute Gasteiger partial charge is 0.270 e. The number of benzene rings is 1. The van der Waals surface area contributed by atoms with Crippen molar-refractivity contribution in [1.29, 1.82) is 0 Å². The average Bonchev–Trinajstić information content (AvgIpc) is 3.07. The normalized spacial score (nSPS) is 14.4. The number of H-pyrrole nitrogens is 1. The number of hydrogen-bond acceptors (Lipinski definition) is 4. The first-order valence-electron chi connectivity index (χ1n) is 6.82. The van der Waals surface area contributed by atoms with Crippen LogP contribution >= 0.6 is 11.3 Å². The molecule has 5 nitrogen and oxygen atoms in total. The fraction of sp³-hybridized carbons (Fsp3) is 0.200. The second-order valence-corrected chi connectivity index (χ2v) is 6.28. The summed E-state index contributed by atoms with van der Waals surface area (Å²) in [4.78, 5) is 23.1. The molecule has 0 fully saturated rings. The van der Waals surface area contributed by atoms with Gasteiger partial charge in [0, 0.05) is 28.7 Å². The summed E-state index contributed by atoms with van der Waals surface area (Å²) in [5.74, 6) is 0.0313. The molecule has 0 saturated heterocycles. The zero-order valence-electron chi connectivity index (χ0n) is 11.3. The highest BCUT2D eigenvalue weighted by molar-refractivity contribution is 7.15. The standard InChI is InChI=1S/C15H14N4OS/c16-15-18-11-5-6-19(8-13(11)21-15)14(20)12-7-9-3-1-2-4-10(9)17-12/h1-4,7,17H,5-6,8H2,(H2,16,18). The molecule has 0 radical (unpaired) electrons. The first-order chi connectivity index (χ1) is 10.2. The Balaban J connectivity index is 1.63. The number of nitrogens with two attached hydrogens (primary N) is 1. The van der Waals surface area contributed by atoms with Crippen molar-refractivity contribution in [3.63, 3.8) is 0 Å². The van der Waals surface area contributed by atoms with Gasteiger partial charge < -0.3 is 15.6 Å². The molecule has 3 aromatic rings. The average molecular weight is 298 g/mol. The van der Waals surface area contributed by atoms with Gasteiger partial charge in [-0.3, -0.25) is 4.79 Å². The maximum atomic E-state index is 12.6. The molecule has 0 atom stereocenters. The van der Waals surface area contributed by atoms with Crippen molar-refractivity contribution in [1.82, 2.24) is 14.9 Å². The number of amides is 1. The molecule has 6 heteroatoms. The number of carbonyl (C=O) groups excluding carboxylic acids is 1. The number of nitrogen functional groups attached to an aromatic ring is 1. The summed E-state index contributed by atoms with van der Waals surface area (Å²) in [5.41, 5.74) is 8.40. The van der Waals surface area contributed by atoms with Gasteiger partial charge in [-0.1, -0.05) is 18.2 Å². The Morgan fingerprint density at radius 2 is 2.24 bits per heavy atom. The Bertz CT molecular complexity index is 802. The molecule has 3 N–H and O–H groups in total. The number of nitrogens with zero attached hydrogens (tertiary/aromatic N) is 2. The van der Waals surface area contributed by atoms with Crippen molar-refractivity contribution in [3.8, 4) is 0 Å². The van der Waals surface area contributed by atoms with Crippen molar-refractivity contribution < 1.29 is 4.79 Å². The topological polar surface area (TPSA) is 75.0 Å². The maximum absolute atomic E-state index is 12.6. The molecule has 3 heterocycles. The zero-order valence-corrected chi connectivity index (χ0v) is 12.1. The van der Waals surface area contributed by atoms with Gasteiger partial charge in [-0.2, -0.15) is 0 Å². The number of carbonyl (C=O) groups is 1. The highest BCUT2D eigenvalue weighted by Gasteiger charge is 2.25. The van der Waals surface area contributed by atoms with Crippen molar-refractivity contribution >= 4 is 33.3 Å².